The Morgan fingerprint density at radius 2 is 2.21 bits per heavy atom. The summed E-state index contributed by atoms with van der Waals surface area (Å²) in [7, 11) is 1.63. The molecule has 0 saturated heterocycles. The maximum Gasteiger partial charge on any atom is 0.233 e. The van der Waals surface area contributed by atoms with Gasteiger partial charge in [-0.3, -0.25) is 4.79 Å². The monoisotopic (exact) mass is 389 g/mol. The number of fused-ring (bicyclic) bond motifs is 1. The van der Waals surface area contributed by atoms with Crippen LogP contribution < -0.4 is 10.1 Å². The molecular formula is C22H19N3O2S. The molecule has 1 amide bonds. The Balaban J connectivity index is 1.82. The number of methoxy groups -OCH3 is 1. The van der Waals surface area contributed by atoms with Crippen LogP contribution in [0.2, 0.25) is 0 Å². The van der Waals surface area contributed by atoms with Gasteiger partial charge in [-0.15, -0.1) is 11.3 Å². The molecule has 4 rings (SSSR count). The zero-order valence-electron chi connectivity index (χ0n) is 15.6. The number of hydrogen-bond donors (Lipinski definition) is 1. The standard InChI is InChI=1S/C22H19N3O2S/c1-22(20(26)25-21-24-8-9-28-21)12-16-7-6-14(13-23)10-18(16)19(22)15-4-3-5-17(11-15)27-2/h3-11,19H,12H2,1-2H3,(H,24,25,26)/t19-,22+/m0/s1. The second-order valence-corrected chi connectivity index (χ2v) is 8.02. The minimum absolute atomic E-state index is 0.0787. The molecule has 1 aromatic heterocycles. The van der Waals surface area contributed by atoms with E-state index >= 15 is 0 Å². The number of rotatable bonds is 4. The molecule has 0 unspecified atom stereocenters. The van der Waals surface area contributed by atoms with Crippen LogP contribution in [0.15, 0.2) is 54.0 Å². The van der Waals surface area contributed by atoms with E-state index in [4.69, 9.17) is 4.74 Å². The van der Waals surface area contributed by atoms with E-state index in [1.165, 1.54) is 11.3 Å². The van der Waals surface area contributed by atoms with Crippen LogP contribution in [-0.4, -0.2) is 18.0 Å². The summed E-state index contributed by atoms with van der Waals surface area (Å²) >= 11 is 1.40. The first-order chi connectivity index (χ1) is 13.5. The summed E-state index contributed by atoms with van der Waals surface area (Å²) in [6.45, 7) is 1.98. The highest BCUT2D eigenvalue weighted by molar-refractivity contribution is 7.13. The Bertz CT molecular complexity index is 1070. The molecule has 1 aliphatic rings. The van der Waals surface area contributed by atoms with Crippen molar-refractivity contribution in [1.82, 2.24) is 4.98 Å². The average Bonchev–Trinajstić information content (AvgIpc) is 3.32. The summed E-state index contributed by atoms with van der Waals surface area (Å²) in [4.78, 5) is 17.5. The SMILES string of the molecule is COc1cccc([C@H]2c3cc(C#N)ccc3C[C@@]2(C)C(=O)Nc2nccs2)c1. The molecular weight excluding hydrogens is 370 g/mol. The van der Waals surface area contributed by atoms with E-state index < -0.39 is 5.41 Å². The molecule has 0 fully saturated rings. The van der Waals surface area contributed by atoms with Crippen LogP contribution in [-0.2, 0) is 11.2 Å². The number of nitriles is 1. The first-order valence-corrected chi connectivity index (χ1v) is 9.81. The van der Waals surface area contributed by atoms with Crippen molar-refractivity contribution in [1.29, 1.82) is 5.26 Å². The van der Waals surface area contributed by atoms with Gasteiger partial charge >= 0.3 is 0 Å². The first-order valence-electron chi connectivity index (χ1n) is 8.93. The van der Waals surface area contributed by atoms with Gasteiger partial charge in [-0.1, -0.05) is 18.2 Å². The summed E-state index contributed by atoms with van der Waals surface area (Å²) in [5.41, 5.74) is 2.97. The van der Waals surface area contributed by atoms with E-state index in [1.807, 2.05) is 54.8 Å². The molecule has 1 heterocycles. The third-order valence-corrected chi connectivity index (χ3v) is 6.07. The van der Waals surface area contributed by atoms with Crippen LogP contribution in [0.4, 0.5) is 5.13 Å². The van der Waals surface area contributed by atoms with Crippen LogP contribution in [0, 0.1) is 16.7 Å². The summed E-state index contributed by atoms with van der Waals surface area (Å²) in [6, 6.07) is 15.7. The molecule has 0 spiro atoms. The summed E-state index contributed by atoms with van der Waals surface area (Å²) in [5, 5.41) is 14.8. The fraction of sp³-hybridized carbons (Fsp3) is 0.227. The van der Waals surface area contributed by atoms with E-state index in [2.05, 4.69) is 16.4 Å². The number of carbonyl (C=O) groups is 1. The van der Waals surface area contributed by atoms with Gasteiger partial charge in [-0.25, -0.2) is 4.98 Å². The van der Waals surface area contributed by atoms with Gasteiger partial charge < -0.3 is 10.1 Å². The van der Waals surface area contributed by atoms with Crippen molar-refractivity contribution in [3.8, 4) is 11.8 Å². The lowest BCUT2D eigenvalue weighted by molar-refractivity contribution is -0.125. The van der Waals surface area contributed by atoms with Gasteiger partial charge in [-0.05, 0) is 54.3 Å². The van der Waals surface area contributed by atoms with Crippen molar-refractivity contribution in [3.05, 3.63) is 76.3 Å². The number of aromatic nitrogens is 1. The summed E-state index contributed by atoms with van der Waals surface area (Å²) in [6.07, 6.45) is 2.26. The van der Waals surface area contributed by atoms with Crippen molar-refractivity contribution in [2.45, 2.75) is 19.3 Å². The van der Waals surface area contributed by atoms with Crippen molar-refractivity contribution in [2.75, 3.05) is 12.4 Å². The van der Waals surface area contributed by atoms with Gasteiger partial charge in [0.15, 0.2) is 5.13 Å². The molecule has 2 atom stereocenters. The normalized spacial score (nSPS) is 20.2. The topological polar surface area (TPSA) is 75.0 Å². The number of thiazole rings is 1. The first kappa shape index (κ1) is 18.2. The molecule has 28 heavy (non-hydrogen) atoms. The van der Waals surface area contributed by atoms with E-state index in [0.29, 0.717) is 17.1 Å². The number of amides is 1. The van der Waals surface area contributed by atoms with Crippen molar-refractivity contribution >= 4 is 22.4 Å². The second kappa shape index (κ2) is 7.10. The van der Waals surface area contributed by atoms with Gasteiger partial charge in [0.1, 0.15) is 5.75 Å². The highest BCUT2D eigenvalue weighted by atomic mass is 32.1. The molecule has 1 aliphatic carbocycles. The van der Waals surface area contributed by atoms with E-state index in [9.17, 15) is 10.1 Å². The summed E-state index contributed by atoms with van der Waals surface area (Å²) in [5.74, 6) is 0.473. The Labute approximate surface area is 167 Å². The van der Waals surface area contributed by atoms with Crippen LogP contribution in [0.1, 0.15) is 35.1 Å². The maximum atomic E-state index is 13.4. The molecule has 5 nitrogen and oxygen atoms in total. The molecule has 2 aromatic carbocycles. The number of nitrogens with zero attached hydrogens (tertiary/aromatic N) is 2. The Morgan fingerprint density at radius 1 is 1.36 bits per heavy atom. The number of hydrogen-bond acceptors (Lipinski definition) is 5. The van der Waals surface area contributed by atoms with Crippen LogP contribution >= 0.6 is 11.3 Å². The number of nitrogens with one attached hydrogen (secondary N) is 1. The average molecular weight is 389 g/mol. The third-order valence-electron chi connectivity index (χ3n) is 5.38. The van der Waals surface area contributed by atoms with E-state index in [0.717, 1.165) is 22.4 Å². The predicted octanol–water partition coefficient (Wildman–Crippen LogP) is 4.36. The van der Waals surface area contributed by atoms with E-state index in [1.54, 1.807) is 13.3 Å². The van der Waals surface area contributed by atoms with E-state index in [-0.39, 0.29) is 11.8 Å². The minimum atomic E-state index is -0.714. The van der Waals surface area contributed by atoms with Gasteiger partial charge in [0, 0.05) is 17.5 Å². The van der Waals surface area contributed by atoms with Crippen LogP contribution in [0.5, 0.6) is 5.75 Å². The molecule has 3 aromatic rings. The Morgan fingerprint density at radius 3 is 2.93 bits per heavy atom. The van der Waals surface area contributed by atoms with Gasteiger partial charge in [-0.2, -0.15) is 5.26 Å². The lowest BCUT2D eigenvalue weighted by Gasteiger charge is -2.31. The smallest absolute Gasteiger partial charge is 0.233 e. The lowest BCUT2D eigenvalue weighted by atomic mass is 9.73. The molecule has 140 valence electrons. The fourth-order valence-corrected chi connectivity index (χ4v) is 4.56. The Kier molecular flexibility index (Phi) is 4.62. The number of anilines is 1. The molecule has 0 radical (unpaired) electrons. The highest BCUT2D eigenvalue weighted by Crippen LogP contribution is 2.52. The molecule has 0 aliphatic heterocycles. The van der Waals surface area contributed by atoms with Crippen LogP contribution in [0.3, 0.4) is 0 Å². The second-order valence-electron chi connectivity index (χ2n) is 7.12. The molecule has 1 N–H and O–H groups in total. The number of benzene rings is 2. The van der Waals surface area contributed by atoms with Gasteiger partial charge in [0.05, 0.1) is 24.2 Å². The fourth-order valence-electron chi connectivity index (χ4n) is 4.04. The lowest BCUT2D eigenvalue weighted by Crippen LogP contribution is -2.37. The maximum absolute atomic E-state index is 13.4. The van der Waals surface area contributed by atoms with Crippen molar-refractivity contribution in [2.24, 2.45) is 5.41 Å². The quantitative estimate of drug-likeness (QED) is 0.719. The number of carbonyl (C=O) groups excluding carboxylic acids is 1. The molecule has 0 bridgehead atoms. The predicted molar refractivity (Wildman–Crippen MR) is 109 cm³/mol. The van der Waals surface area contributed by atoms with Crippen molar-refractivity contribution in [3.63, 3.8) is 0 Å². The molecule has 6 heteroatoms. The zero-order chi connectivity index (χ0) is 19.7. The molecule has 0 saturated carbocycles. The highest BCUT2D eigenvalue weighted by Gasteiger charge is 2.49. The van der Waals surface area contributed by atoms with Crippen LogP contribution in [0.25, 0.3) is 0 Å². The zero-order valence-corrected chi connectivity index (χ0v) is 16.4. The van der Waals surface area contributed by atoms with Gasteiger partial charge in [0.25, 0.3) is 0 Å². The Hall–Kier alpha value is -3.17. The third kappa shape index (κ3) is 3.04. The largest absolute Gasteiger partial charge is 0.497 e. The van der Waals surface area contributed by atoms with Crippen molar-refractivity contribution < 1.29 is 9.53 Å². The number of ether oxygens (including phenoxy) is 1. The van der Waals surface area contributed by atoms with Gasteiger partial charge in [0.2, 0.25) is 5.91 Å². The summed E-state index contributed by atoms with van der Waals surface area (Å²) < 4.78 is 5.40. The minimum Gasteiger partial charge on any atom is -0.497 e.